The van der Waals surface area contributed by atoms with Crippen molar-refractivity contribution in [1.29, 1.82) is 0 Å². The first-order chi connectivity index (χ1) is 8.67. The lowest BCUT2D eigenvalue weighted by Crippen LogP contribution is -2.43. The van der Waals surface area contributed by atoms with E-state index in [1.165, 1.54) is 31.0 Å². The van der Waals surface area contributed by atoms with Gasteiger partial charge in [0.15, 0.2) is 0 Å². The van der Waals surface area contributed by atoms with E-state index in [0.717, 1.165) is 12.8 Å². The molecule has 0 aromatic carbocycles. The molecule has 0 atom stereocenters. The molecular formula is C9H17Cl2N2O4P. The molecule has 0 spiro atoms. The minimum absolute atomic E-state index is 0.584. The number of likely N-dealkylation sites (tertiary alicyclic amines) is 1. The number of rotatable bonds is 5. The van der Waals surface area contributed by atoms with Crippen LogP contribution >= 0.6 is 31.6 Å². The molecule has 106 valence electrons. The Bertz CT molecular complexity index is 301. The molecule has 0 unspecified atom stereocenters. The number of phosphoric acid groups is 1. The molecule has 0 saturated carbocycles. The number of nitrogens with zero attached hydrogens (tertiary/aromatic N) is 2. The Morgan fingerprint density at radius 2 is 1.56 bits per heavy atom. The van der Waals surface area contributed by atoms with E-state index in [2.05, 4.69) is 13.1 Å². The first-order valence-electron chi connectivity index (χ1n) is 6.06. The summed E-state index contributed by atoms with van der Waals surface area (Å²) in [7, 11) is -3.85. The lowest BCUT2D eigenvalue weighted by Gasteiger charge is -2.35. The molecular weight excluding hydrogens is 302 g/mol. The standard InChI is InChI=1S/C9H17Cl2N2O4P/c10-15-18(14,16-11)17-13-7-3-9(4-8-13)12-5-1-2-6-12/h9H,1-8H2. The normalized spacial score (nSPS) is 24.8. The number of hydroxylamine groups is 2. The van der Waals surface area contributed by atoms with Crippen molar-refractivity contribution in [3.8, 4) is 0 Å². The molecule has 2 saturated heterocycles. The van der Waals surface area contributed by atoms with E-state index in [9.17, 15) is 4.57 Å². The topological polar surface area (TPSA) is 51.2 Å². The summed E-state index contributed by atoms with van der Waals surface area (Å²) in [6.45, 7) is 3.68. The Labute approximate surface area is 117 Å². The zero-order chi connectivity index (χ0) is 13.0. The van der Waals surface area contributed by atoms with Crippen LogP contribution in [0.2, 0.25) is 0 Å². The van der Waals surface area contributed by atoms with E-state index >= 15 is 0 Å². The van der Waals surface area contributed by atoms with Gasteiger partial charge >= 0.3 is 7.82 Å². The van der Waals surface area contributed by atoms with Crippen LogP contribution in [-0.4, -0.2) is 42.2 Å². The second-order valence-electron chi connectivity index (χ2n) is 4.57. The third-order valence-corrected chi connectivity index (χ3v) is 5.25. The summed E-state index contributed by atoms with van der Waals surface area (Å²) in [6.07, 6.45) is 4.49. The van der Waals surface area contributed by atoms with Gasteiger partial charge in [0.1, 0.15) is 0 Å². The molecule has 0 aromatic heterocycles. The van der Waals surface area contributed by atoms with E-state index in [-0.39, 0.29) is 0 Å². The zero-order valence-electron chi connectivity index (χ0n) is 9.96. The van der Waals surface area contributed by atoms with Crippen molar-refractivity contribution < 1.29 is 17.3 Å². The third kappa shape index (κ3) is 3.81. The van der Waals surface area contributed by atoms with Gasteiger partial charge in [0.2, 0.25) is 0 Å². The average molecular weight is 319 g/mol. The molecule has 0 N–H and O–H groups in total. The Morgan fingerprint density at radius 3 is 2.06 bits per heavy atom. The van der Waals surface area contributed by atoms with Crippen molar-refractivity contribution in [3.63, 3.8) is 0 Å². The molecule has 2 rings (SSSR count). The fraction of sp³-hybridized carbons (Fsp3) is 1.00. The van der Waals surface area contributed by atoms with E-state index in [1.54, 1.807) is 0 Å². The van der Waals surface area contributed by atoms with E-state index < -0.39 is 7.82 Å². The Kier molecular flexibility index (Phi) is 5.72. The molecule has 2 heterocycles. The molecule has 0 aliphatic carbocycles. The van der Waals surface area contributed by atoms with Gasteiger partial charge in [-0.2, -0.15) is 17.8 Å². The van der Waals surface area contributed by atoms with E-state index in [0.29, 0.717) is 19.1 Å². The number of piperidine rings is 1. The molecule has 6 nitrogen and oxygen atoms in total. The van der Waals surface area contributed by atoms with Crippen molar-refractivity contribution in [2.75, 3.05) is 26.2 Å². The zero-order valence-corrected chi connectivity index (χ0v) is 12.4. The fourth-order valence-electron chi connectivity index (χ4n) is 2.57. The van der Waals surface area contributed by atoms with Gasteiger partial charge in [0.25, 0.3) is 0 Å². The molecule has 9 heteroatoms. The molecule has 0 aromatic rings. The van der Waals surface area contributed by atoms with Crippen molar-refractivity contribution in [1.82, 2.24) is 9.96 Å². The van der Waals surface area contributed by atoms with Crippen LogP contribution in [0.3, 0.4) is 0 Å². The summed E-state index contributed by atoms with van der Waals surface area (Å²) in [6, 6.07) is 0.584. The summed E-state index contributed by atoms with van der Waals surface area (Å²) in [5.74, 6) is 0. The molecule has 2 aliphatic heterocycles. The van der Waals surface area contributed by atoms with Gasteiger partial charge in [-0.25, -0.2) is 4.57 Å². The van der Waals surface area contributed by atoms with Gasteiger partial charge in [-0.3, -0.25) is 0 Å². The van der Waals surface area contributed by atoms with Gasteiger partial charge in [-0.1, -0.05) is 0 Å². The molecule has 18 heavy (non-hydrogen) atoms. The van der Waals surface area contributed by atoms with Gasteiger partial charge in [0, 0.05) is 19.1 Å². The number of hydrogen-bond donors (Lipinski definition) is 0. The Balaban J connectivity index is 1.77. The van der Waals surface area contributed by atoms with Gasteiger partial charge < -0.3 is 4.90 Å². The largest absolute Gasteiger partial charge is 0.524 e. The third-order valence-electron chi connectivity index (χ3n) is 3.47. The maximum Gasteiger partial charge on any atom is 0.524 e. The predicted octanol–water partition coefficient (Wildman–Crippen LogP) is 2.93. The minimum Gasteiger partial charge on any atom is -0.300 e. The summed E-state index contributed by atoms with van der Waals surface area (Å²) in [5, 5.41) is 1.54. The van der Waals surface area contributed by atoms with Gasteiger partial charge in [-0.15, -0.1) is 0 Å². The average Bonchev–Trinajstić information content (AvgIpc) is 2.93. The lowest BCUT2D eigenvalue weighted by atomic mass is 10.1. The van der Waals surface area contributed by atoms with Crippen LogP contribution in [-0.2, 0) is 17.3 Å². The molecule has 0 bridgehead atoms. The van der Waals surface area contributed by atoms with Crippen LogP contribution in [0, 0.1) is 0 Å². The van der Waals surface area contributed by atoms with Crippen molar-refractivity contribution in [2.45, 2.75) is 31.7 Å². The molecule has 2 fully saturated rings. The summed E-state index contributed by atoms with van der Waals surface area (Å²) < 4.78 is 24.9. The monoisotopic (exact) mass is 318 g/mol. The van der Waals surface area contributed by atoms with E-state index in [1.807, 2.05) is 0 Å². The maximum atomic E-state index is 11.6. The quantitative estimate of drug-likeness (QED) is 0.726. The van der Waals surface area contributed by atoms with Crippen molar-refractivity contribution in [2.24, 2.45) is 0 Å². The first kappa shape index (κ1) is 15.0. The lowest BCUT2D eigenvalue weighted by molar-refractivity contribution is -0.100. The molecule has 0 radical (unpaired) electrons. The summed E-state index contributed by atoms with van der Waals surface area (Å²) in [4.78, 5) is 2.51. The van der Waals surface area contributed by atoms with Crippen LogP contribution in [0.15, 0.2) is 0 Å². The van der Waals surface area contributed by atoms with Crippen LogP contribution in [0.5, 0.6) is 0 Å². The highest BCUT2D eigenvalue weighted by molar-refractivity contribution is 7.50. The van der Waals surface area contributed by atoms with Crippen LogP contribution < -0.4 is 0 Å². The summed E-state index contributed by atoms with van der Waals surface area (Å²) >= 11 is 10.1. The number of halogens is 2. The maximum absolute atomic E-state index is 11.6. The van der Waals surface area contributed by atoms with Crippen LogP contribution in [0.1, 0.15) is 25.7 Å². The van der Waals surface area contributed by atoms with Crippen molar-refractivity contribution in [3.05, 3.63) is 0 Å². The molecule has 2 aliphatic rings. The highest BCUT2D eigenvalue weighted by atomic mass is 35.5. The van der Waals surface area contributed by atoms with Gasteiger partial charge in [-0.05, 0) is 38.8 Å². The highest BCUT2D eigenvalue weighted by Crippen LogP contribution is 2.52. The number of hydrogen-bond acceptors (Lipinski definition) is 6. The first-order valence-corrected chi connectivity index (χ1v) is 8.14. The minimum atomic E-state index is -3.85. The summed E-state index contributed by atoms with van der Waals surface area (Å²) in [5.41, 5.74) is 0. The SMILES string of the molecule is O=P(OCl)(OCl)ON1CCC(N2CCCC2)CC1. The molecule has 0 amide bonds. The fourth-order valence-corrected chi connectivity index (χ4v) is 3.50. The Hall–Kier alpha value is 0.610. The van der Waals surface area contributed by atoms with Crippen molar-refractivity contribution >= 4 is 31.6 Å². The van der Waals surface area contributed by atoms with Gasteiger partial charge in [0.05, 0.1) is 23.7 Å². The predicted molar refractivity (Wildman–Crippen MR) is 68.0 cm³/mol. The Morgan fingerprint density at radius 1 is 1.00 bits per heavy atom. The highest BCUT2D eigenvalue weighted by Gasteiger charge is 2.34. The van der Waals surface area contributed by atoms with Crippen LogP contribution in [0.25, 0.3) is 0 Å². The van der Waals surface area contributed by atoms with Crippen LogP contribution in [0.4, 0.5) is 0 Å². The second kappa shape index (κ2) is 6.86. The second-order valence-corrected chi connectivity index (χ2v) is 6.73. The van der Waals surface area contributed by atoms with E-state index in [4.69, 9.17) is 28.4 Å². The smallest absolute Gasteiger partial charge is 0.300 e.